The van der Waals surface area contributed by atoms with Crippen molar-refractivity contribution in [2.75, 3.05) is 18.4 Å². The van der Waals surface area contributed by atoms with Crippen LogP contribution >= 0.6 is 11.6 Å². The second kappa shape index (κ2) is 10.9. The fourth-order valence-corrected chi connectivity index (χ4v) is 4.66. The quantitative estimate of drug-likeness (QED) is 0.355. The maximum Gasteiger partial charge on any atom is 0.265 e. The number of hydrogen-bond donors (Lipinski definition) is 2. The van der Waals surface area contributed by atoms with E-state index in [4.69, 9.17) is 11.6 Å². The molecule has 4 aromatic rings. The van der Waals surface area contributed by atoms with Crippen molar-refractivity contribution in [2.24, 2.45) is 5.41 Å². The highest BCUT2D eigenvalue weighted by atomic mass is 35.5. The second-order valence-electron chi connectivity index (χ2n) is 10.4. The number of nitrogens with one attached hydrogen (secondary N) is 2. The highest BCUT2D eigenvalue weighted by molar-refractivity contribution is 6.30. The number of aromatic nitrogens is 4. The molecule has 0 atom stereocenters. The van der Waals surface area contributed by atoms with E-state index in [0.29, 0.717) is 23.5 Å². The van der Waals surface area contributed by atoms with Crippen LogP contribution in [-0.2, 0) is 17.9 Å². The molecule has 4 heterocycles. The van der Waals surface area contributed by atoms with Crippen LogP contribution in [0, 0.1) is 5.41 Å². The van der Waals surface area contributed by atoms with Crippen LogP contribution < -0.4 is 16.2 Å². The van der Waals surface area contributed by atoms with E-state index in [-0.39, 0.29) is 47.0 Å². The molecule has 12 heteroatoms. The number of amides is 3. The first kappa shape index (κ1) is 26.9. The molecule has 1 aliphatic rings. The van der Waals surface area contributed by atoms with E-state index in [9.17, 15) is 19.2 Å². The molecule has 0 saturated carbocycles. The van der Waals surface area contributed by atoms with Gasteiger partial charge in [0.25, 0.3) is 17.4 Å². The average Bonchev–Trinajstić information content (AvgIpc) is 2.92. The summed E-state index contributed by atoms with van der Waals surface area (Å²) in [6.07, 6.45) is 2.79. The first-order valence-electron chi connectivity index (χ1n) is 12.5. The standard InChI is InChI=1S/C28H26ClN7O4/c1-28(2)15-35(16-28)23(37)14-36-24-18(10-19(13-30-24)25(38)33-22-4-3-9-32-34-22)11-21(27(36)40)26(39)31-12-17-5-7-20(29)8-6-17/h3-11,13H,12,14-16H2,1-2H3,(H,31,39)(H,33,34,38). The summed E-state index contributed by atoms with van der Waals surface area (Å²) in [5.41, 5.74) is 0.328. The number of carbonyl (C=O) groups is 3. The summed E-state index contributed by atoms with van der Waals surface area (Å²) in [5.74, 6) is -1.13. The van der Waals surface area contributed by atoms with E-state index in [1.807, 2.05) is 0 Å². The van der Waals surface area contributed by atoms with Gasteiger partial charge in [-0.2, -0.15) is 5.10 Å². The maximum atomic E-state index is 13.5. The van der Waals surface area contributed by atoms with Gasteiger partial charge in [-0.05, 0) is 47.4 Å². The molecule has 2 N–H and O–H groups in total. The monoisotopic (exact) mass is 559 g/mol. The van der Waals surface area contributed by atoms with Crippen LogP contribution in [0.25, 0.3) is 11.0 Å². The zero-order valence-corrected chi connectivity index (χ0v) is 22.6. The molecule has 204 valence electrons. The lowest BCUT2D eigenvalue weighted by Gasteiger charge is -2.45. The molecule has 0 unspecified atom stereocenters. The van der Waals surface area contributed by atoms with Crippen molar-refractivity contribution in [3.63, 3.8) is 0 Å². The topological polar surface area (TPSA) is 139 Å². The Balaban J connectivity index is 1.48. The van der Waals surface area contributed by atoms with Gasteiger partial charge >= 0.3 is 0 Å². The van der Waals surface area contributed by atoms with Crippen LogP contribution in [0.3, 0.4) is 0 Å². The summed E-state index contributed by atoms with van der Waals surface area (Å²) in [5, 5.41) is 13.9. The van der Waals surface area contributed by atoms with Crippen molar-refractivity contribution in [3.05, 3.63) is 93.0 Å². The largest absolute Gasteiger partial charge is 0.348 e. The van der Waals surface area contributed by atoms with E-state index >= 15 is 0 Å². The summed E-state index contributed by atoms with van der Waals surface area (Å²) < 4.78 is 1.19. The van der Waals surface area contributed by atoms with Crippen molar-refractivity contribution in [2.45, 2.75) is 26.9 Å². The fourth-order valence-electron chi connectivity index (χ4n) is 4.53. The molecule has 1 fully saturated rings. The predicted octanol–water partition coefficient (Wildman–Crippen LogP) is 2.89. The Bertz CT molecular complexity index is 1660. The molecule has 0 aliphatic carbocycles. The molecule has 40 heavy (non-hydrogen) atoms. The molecule has 1 aliphatic heterocycles. The number of halogens is 1. The van der Waals surface area contributed by atoms with Gasteiger partial charge < -0.3 is 15.5 Å². The van der Waals surface area contributed by atoms with Crippen LogP contribution in [0.4, 0.5) is 5.82 Å². The molecule has 5 rings (SSSR count). The number of rotatable bonds is 7. The van der Waals surface area contributed by atoms with Gasteiger partial charge in [0.1, 0.15) is 17.8 Å². The summed E-state index contributed by atoms with van der Waals surface area (Å²) in [6.45, 7) is 5.12. The first-order chi connectivity index (χ1) is 19.1. The van der Waals surface area contributed by atoms with Gasteiger partial charge in [0.05, 0.1) is 5.56 Å². The van der Waals surface area contributed by atoms with Gasteiger partial charge in [0, 0.05) is 42.4 Å². The van der Waals surface area contributed by atoms with Crippen LogP contribution in [0.1, 0.15) is 40.1 Å². The summed E-state index contributed by atoms with van der Waals surface area (Å²) >= 11 is 5.93. The molecule has 1 aromatic carbocycles. The van der Waals surface area contributed by atoms with E-state index in [0.717, 1.165) is 5.56 Å². The van der Waals surface area contributed by atoms with Crippen LogP contribution in [0.2, 0.25) is 5.02 Å². The number of benzene rings is 1. The van der Waals surface area contributed by atoms with E-state index in [1.165, 1.54) is 29.1 Å². The molecule has 0 radical (unpaired) electrons. The SMILES string of the molecule is CC1(C)CN(C(=O)Cn2c(=O)c(C(=O)NCc3ccc(Cl)cc3)cc3cc(C(=O)Nc4cccnn4)cnc32)C1. The predicted molar refractivity (Wildman–Crippen MR) is 149 cm³/mol. The number of nitrogens with zero attached hydrogens (tertiary/aromatic N) is 5. The lowest BCUT2D eigenvalue weighted by molar-refractivity contribution is -0.142. The molecule has 3 aromatic heterocycles. The van der Waals surface area contributed by atoms with Crippen molar-refractivity contribution >= 4 is 46.2 Å². The van der Waals surface area contributed by atoms with Gasteiger partial charge in [-0.3, -0.25) is 23.7 Å². The van der Waals surface area contributed by atoms with E-state index < -0.39 is 17.4 Å². The highest BCUT2D eigenvalue weighted by Gasteiger charge is 2.37. The smallest absolute Gasteiger partial charge is 0.265 e. The highest BCUT2D eigenvalue weighted by Crippen LogP contribution is 2.29. The molecule has 0 spiro atoms. The Kier molecular flexibility index (Phi) is 7.31. The van der Waals surface area contributed by atoms with E-state index in [2.05, 4.69) is 39.7 Å². The third-order valence-electron chi connectivity index (χ3n) is 6.50. The zero-order chi connectivity index (χ0) is 28.4. The summed E-state index contributed by atoms with van der Waals surface area (Å²) in [6, 6.07) is 13.0. The number of pyridine rings is 2. The van der Waals surface area contributed by atoms with Gasteiger partial charge in [-0.15, -0.1) is 5.10 Å². The van der Waals surface area contributed by atoms with Gasteiger partial charge in [0.2, 0.25) is 5.91 Å². The second-order valence-corrected chi connectivity index (χ2v) is 10.8. The lowest BCUT2D eigenvalue weighted by atomic mass is 9.84. The Hall–Kier alpha value is -4.64. The normalized spacial score (nSPS) is 13.9. The molecule has 3 amide bonds. The average molecular weight is 560 g/mol. The van der Waals surface area contributed by atoms with Crippen LogP contribution in [0.15, 0.2) is 65.7 Å². The minimum atomic E-state index is -0.654. The number of fused-ring (bicyclic) bond motifs is 1. The van der Waals surface area contributed by atoms with Crippen LogP contribution in [0.5, 0.6) is 0 Å². The molecular weight excluding hydrogens is 534 g/mol. The Labute approximate surface area is 234 Å². The molecule has 1 saturated heterocycles. The minimum Gasteiger partial charge on any atom is -0.348 e. The summed E-state index contributed by atoms with van der Waals surface area (Å²) in [7, 11) is 0. The van der Waals surface area contributed by atoms with Crippen LogP contribution in [-0.4, -0.2) is 55.5 Å². The Morgan fingerprint density at radius 1 is 1.05 bits per heavy atom. The van der Waals surface area contributed by atoms with Crippen molar-refractivity contribution in [1.82, 2.24) is 30.0 Å². The molecular formula is C28H26ClN7O4. The maximum absolute atomic E-state index is 13.5. The zero-order valence-electron chi connectivity index (χ0n) is 21.8. The molecule has 11 nitrogen and oxygen atoms in total. The number of anilines is 1. The minimum absolute atomic E-state index is 0.00966. The molecule has 0 bridgehead atoms. The Morgan fingerprint density at radius 3 is 2.48 bits per heavy atom. The van der Waals surface area contributed by atoms with Gasteiger partial charge in [-0.25, -0.2) is 4.98 Å². The lowest BCUT2D eigenvalue weighted by Crippen LogP contribution is -2.56. The van der Waals surface area contributed by atoms with Crippen molar-refractivity contribution in [3.8, 4) is 0 Å². The number of hydrogen-bond acceptors (Lipinski definition) is 7. The summed E-state index contributed by atoms with van der Waals surface area (Å²) in [4.78, 5) is 58.6. The third-order valence-corrected chi connectivity index (χ3v) is 6.75. The van der Waals surface area contributed by atoms with Crippen molar-refractivity contribution in [1.29, 1.82) is 0 Å². The van der Waals surface area contributed by atoms with Gasteiger partial charge in [-0.1, -0.05) is 37.6 Å². The third kappa shape index (κ3) is 5.84. The van der Waals surface area contributed by atoms with Gasteiger partial charge in [0.15, 0.2) is 5.82 Å². The number of likely N-dealkylation sites (tertiary alicyclic amines) is 1. The fraction of sp³-hybridized carbons (Fsp3) is 0.250. The van der Waals surface area contributed by atoms with E-state index in [1.54, 1.807) is 41.3 Å². The number of carbonyl (C=O) groups excluding carboxylic acids is 3. The van der Waals surface area contributed by atoms with Crippen molar-refractivity contribution < 1.29 is 14.4 Å². The Morgan fingerprint density at radius 2 is 1.80 bits per heavy atom. The first-order valence-corrected chi connectivity index (χ1v) is 12.9.